The molecule has 0 fully saturated rings. The topological polar surface area (TPSA) is 91.6 Å². The fraction of sp³-hybridized carbons (Fsp3) is 0.333. The number of anilines is 1. The van der Waals surface area contributed by atoms with Crippen LogP contribution in [0.5, 0.6) is 17.2 Å². The summed E-state index contributed by atoms with van der Waals surface area (Å²) in [5.74, 6) is 1.50. The Morgan fingerprint density at radius 1 is 1.21 bits per heavy atom. The van der Waals surface area contributed by atoms with Gasteiger partial charge in [0.2, 0.25) is 17.6 Å². The minimum Gasteiger partial charge on any atom is -0.493 e. The van der Waals surface area contributed by atoms with Gasteiger partial charge in [0.25, 0.3) is 0 Å². The molecule has 2 heterocycles. The van der Waals surface area contributed by atoms with Crippen molar-refractivity contribution < 1.29 is 19.0 Å². The molecule has 0 saturated heterocycles. The Labute approximate surface area is 180 Å². The number of carbonyl (C=O) groups excluding carboxylic acids is 1. The molecule has 0 aliphatic heterocycles. The van der Waals surface area contributed by atoms with E-state index < -0.39 is 0 Å². The Morgan fingerprint density at radius 3 is 2.48 bits per heavy atom. The van der Waals surface area contributed by atoms with E-state index in [1.54, 1.807) is 39.3 Å². The summed E-state index contributed by atoms with van der Waals surface area (Å²) in [6.07, 6.45) is 1.61. The Hall–Kier alpha value is -2.59. The lowest BCUT2D eigenvalue weighted by atomic mass is 10.1. The lowest BCUT2D eigenvalue weighted by molar-refractivity contribution is -0.116. The van der Waals surface area contributed by atoms with E-state index in [0.29, 0.717) is 39.4 Å². The van der Waals surface area contributed by atoms with Gasteiger partial charge >= 0.3 is 0 Å². The third-order valence-electron chi connectivity index (χ3n) is 4.37. The maximum Gasteiger partial charge on any atom is 0.235 e. The number of fused-ring (bicyclic) bond motifs is 1. The summed E-state index contributed by atoms with van der Waals surface area (Å²) in [5, 5.41) is 0.167. The van der Waals surface area contributed by atoms with Crippen molar-refractivity contribution in [3.63, 3.8) is 0 Å². The van der Waals surface area contributed by atoms with Crippen molar-refractivity contribution in [2.24, 2.45) is 0 Å². The van der Waals surface area contributed by atoms with Crippen LogP contribution in [-0.4, -0.2) is 53.8 Å². The summed E-state index contributed by atoms with van der Waals surface area (Å²) in [6, 6.07) is 1.84. The molecule has 1 aromatic carbocycles. The summed E-state index contributed by atoms with van der Waals surface area (Å²) in [5.41, 5.74) is 1.78. The number of aromatic nitrogens is 4. The lowest BCUT2D eigenvalue weighted by Crippen LogP contribution is -2.25. The standard InChI is InChI=1S/C18H19BrClN5O4/c1-9(26)24(2)18-22-16(20)13-17(23-18)25(8-21-13)7-10-6-11(27-3)14(28-4)15(29-5)12(10)19/h6,8H,7H2,1-5H3. The average Bonchev–Trinajstić information content (AvgIpc) is 3.11. The molecular formula is C18H19BrClN5O4. The molecule has 2 aromatic heterocycles. The second-order valence-electron chi connectivity index (χ2n) is 6.06. The van der Waals surface area contributed by atoms with Crippen molar-refractivity contribution in [3.8, 4) is 17.2 Å². The highest BCUT2D eigenvalue weighted by Gasteiger charge is 2.21. The maximum absolute atomic E-state index is 11.7. The van der Waals surface area contributed by atoms with Crippen LogP contribution in [0.1, 0.15) is 12.5 Å². The molecule has 29 heavy (non-hydrogen) atoms. The predicted octanol–water partition coefficient (Wildman–Crippen LogP) is 3.30. The van der Waals surface area contributed by atoms with Gasteiger partial charge in [0, 0.05) is 14.0 Å². The SMILES string of the molecule is COc1cc(Cn2cnc3c(Cl)nc(N(C)C(C)=O)nc32)c(Br)c(OC)c1OC. The second kappa shape index (κ2) is 8.42. The van der Waals surface area contributed by atoms with E-state index in [0.717, 1.165) is 5.56 Å². The van der Waals surface area contributed by atoms with Crippen LogP contribution in [0.2, 0.25) is 5.15 Å². The van der Waals surface area contributed by atoms with Gasteiger partial charge in [-0.05, 0) is 27.6 Å². The van der Waals surface area contributed by atoms with Crippen LogP contribution < -0.4 is 19.1 Å². The quantitative estimate of drug-likeness (QED) is 0.496. The number of methoxy groups -OCH3 is 3. The molecule has 0 aliphatic rings. The molecule has 1 amide bonds. The van der Waals surface area contributed by atoms with E-state index in [4.69, 9.17) is 25.8 Å². The number of hydrogen-bond donors (Lipinski definition) is 0. The van der Waals surface area contributed by atoms with Gasteiger partial charge < -0.3 is 18.8 Å². The molecule has 0 aliphatic carbocycles. The van der Waals surface area contributed by atoms with Crippen molar-refractivity contribution in [3.05, 3.63) is 27.6 Å². The van der Waals surface area contributed by atoms with E-state index in [-0.39, 0.29) is 17.0 Å². The number of rotatable bonds is 6. The number of amides is 1. The van der Waals surface area contributed by atoms with Crippen LogP contribution in [0.15, 0.2) is 16.9 Å². The average molecular weight is 485 g/mol. The van der Waals surface area contributed by atoms with E-state index in [9.17, 15) is 4.79 Å². The van der Waals surface area contributed by atoms with Gasteiger partial charge in [-0.15, -0.1) is 0 Å². The number of ether oxygens (including phenoxy) is 3. The molecule has 0 bridgehead atoms. The van der Waals surface area contributed by atoms with Gasteiger partial charge in [-0.2, -0.15) is 9.97 Å². The van der Waals surface area contributed by atoms with Crippen LogP contribution >= 0.6 is 27.5 Å². The van der Waals surface area contributed by atoms with Crippen LogP contribution in [-0.2, 0) is 11.3 Å². The molecule has 0 unspecified atom stereocenters. The first-order valence-corrected chi connectivity index (χ1v) is 9.59. The normalized spacial score (nSPS) is 10.9. The minimum absolute atomic E-state index is 0.167. The highest BCUT2D eigenvalue weighted by molar-refractivity contribution is 9.10. The van der Waals surface area contributed by atoms with Crippen molar-refractivity contribution in [2.45, 2.75) is 13.5 Å². The van der Waals surface area contributed by atoms with Crippen LogP contribution in [0.3, 0.4) is 0 Å². The molecule has 0 spiro atoms. The molecule has 0 N–H and O–H groups in total. The van der Waals surface area contributed by atoms with E-state index in [1.165, 1.54) is 11.8 Å². The Kier molecular flexibility index (Phi) is 6.13. The third kappa shape index (κ3) is 3.82. The Morgan fingerprint density at radius 2 is 1.90 bits per heavy atom. The van der Waals surface area contributed by atoms with Gasteiger partial charge in [0.1, 0.15) is 5.52 Å². The number of nitrogens with zero attached hydrogens (tertiary/aromatic N) is 5. The summed E-state index contributed by atoms with van der Waals surface area (Å²) < 4.78 is 18.8. The fourth-order valence-electron chi connectivity index (χ4n) is 2.78. The molecule has 9 nitrogen and oxygen atoms in total. The van der Waals surface area contributed by atoms with Crippen molar-refractivity contribution in [1.29, 1.82) is 0 Å². The zero-order chi connectivity index (χ0) is 21.3. The van der Waals surface area contributed by atoms with Gasteiger partial charge in [0.05, 0.1) is 38.7 Å². The predicted molar refractivity (Wildman–Crippen MR) is 112 cm³/mol. The largest absolute Gasteiger partial charge is 0.493 e. The van der Waals surface area contributed by atoms with Crippen LogP contribution in [0, 0.1) is 0 Å². The number of hydrogen-bond acceptors (Lipinski definition) is 7. The van der Waals surface area contributed by atoms with Crippen LogP contribution in [0.25, 0.3) is 11.2 Å². The molecule has 3 aromatic rings. The molecular weight excluding hydrogens is 466 g/mol. The highest BCUT2D eigenvalue weighted by Crippen LogP contribution is 2.45. The number of halogens is 2. The highest BCUT2D eigenvalue weighted by atomic mass is 79.9. The molecule has 154 valence electrons. The van der Waals surface area contributed by atoms with Crippen LogP contribution in [0.4, 0.5) is 5.95 Å². The van der Waals surface area contributed by atoms with Crippen molar-refractivity contribution >= 4 is 50.6 Å². The molecule has 11 heteroatoms. The molecule has 0 saturated carbocycles. The van der Waals surface area contributed by atoms with Gasteiger partial charge in [0.15, 0.2) is 22.3 Å². The summed E-state index contributed by atoms with van der Waals surface area (Å²) in [6.45, 7) is 1.80. The number of carbonyl (C=O) groups is 1. The molecule has 0 radical (unpaired) electrons. The third-order valence-corrected chi connectivity index (χ3v) is 5.50. The van der Waals surface area contributed by atoms with Crippen molar-refractivity contribution in [1.82, 2.24) is 19.5 Å². The monoisotopic (exact) mass is 483 g/mol. The summed E-state index contributed by atoms with van der Waals surface area (Å²) in [7, 11) is 6.23. The van der Waals surface area contributed by atoms with Gasteiger partial charge in [-0.3, -0.25) is 9.69 Å². The zero-order valence-corrected chi connectivity index (χ0v) is 18.8. The first-order valence-electron chi connectivity index (χ1n) is 8.42. The number of imidazole rings is 1. The van der Waals surface area contributed by atoms with E-state index in [1.807, 2.05) is 6.07 Å². The van der Waals surface area contributed by atoms with Gasteiger partial charge in [-0.25, -0.2) is 4.98 Å². The molecule has 0 atom stereocenters. The maximum atomic E-state index is 11.7. The number of benzene rings is 1. The smallest absolute Gasteiger partial charge is 0.235 e. The fourth-order valence-corrected chi connectivity index (χ4v) is 3.57. The van der Waals surface area contributed by atoms with Crippen molar-refractivity contribution in [2.75, 3.05) is 33.3 Å². The lowest BCUT2D eigenvalue weighted by Gasteiger charge is -2.17. The second-order valence-corrected chi connectivity index (χ2v) is 7.21. The Balaban J connectivity index is 2.12. The van der Waals surface area contributed by atoms with Gasteiger partial charge in [-0.1, -0.05) is 11.6 Å². The zero-order valence-electron chi connectivity index (χ0n) is 16.5. The summed E-state index contributed by atoms with van der Waals surface area (Å²) >= 11 is 9.83. The molecule has 3 rings (SSSR count). The Bertz CT molecular complexity index is 1090. The minimum atomic E-state index is -0.209. The van der Waals surface area contributed by atoms with E-state index in [2.05, 4.69) is 30.9 Å². The van der Waals surface area contributed by atoms with E-state index >= 15 is 0 Å². The first kappa shape index (κ1) is 21.1. The first-order chi connectivity index (χ1) is 13.8. The summed E-state index contributed by atoms with van der Waals surface area (Å²) in [4.78, 5) is 25.9.